The number of hydrogen-bond acceptors (Lipinski definition) is 5. The third-order valence-electron chi connectivity index (χ3n) is 4.23. The van der Waals surface area contributed by atoms with Crippen molar-refractivity contribution in [3.8, 4) is 22.8 Å². The number of thiazole rings is 1. The van der Waals surface area contributed by atoms with E-state index >= 15 is 0 Å². The van der Waals surface area contributed by atoms with Crippen molar-refractivity contribution in [3.63, 3.8) is 0 Å². The number of nitrogens with one attached hydrogen (secondary N) is 1. The highest BCUT2D eigenvalue weighted by atomic mass is 32.1. The lowest BCUT2D eigenvalue weighted by Crippen LogP contribution is -2.26. The molecule has 1 unspecified atom stereocenters. The average Bonchev–Trinajstić information content (AvgIpc) is 3.28. The second kappa shape index (κ2) is 6.80. The minimum atomic E-state index is -0.164. The number of aryl methyl sites for hydroxylation is 1. The largest absolute Gasteiger partial charge is 0.454 e. The summed E-state index contributed by atoms with van der Waals surface area (Å²) in [6.07, 6.45) is 0. The Bertz CT molecular complexity index is 953. The number of carbonyl (C=O) groups is 1. The molecule has 2 heterocycles. The minimum absolute atomic E-state index is 0.125. The second-order valence-electron chi connectivity index (χ2n) is 6.08. The maximum absolute atomic E-state index is 12.9. The molecule has 1 aliphatic rings. The van der Waals surface area contributed by atoms with Gasteiger partial charge in [-0.25, -0.2) is 4.98 Å². The van der Waals surface area contributed by atoms with Gasteiger partial charge in [-0.3, -0.25) is 4.79 Å². The van der Waals surface area contributed by atoms with E-state index in [0.717, 1.165) is 27.6 Å². The zero-order valence-electron chi connectivity index (χ0n) is 14.5. The molecule has 1 N–H and O–H groups in total. The van der Waals surface area contributed by atoms with E-state index in [2.05, 4.69) is 10.3 Å². The molecule has 0 aliphatic carbocycles. The van der Waals surface area contributed by atoms with Gasteiger partial charge in [-0.1, -0.05) is 36.4 Å². The predicted molar refractivity (Wildman–Crippen MR) is 101 cm³/mol. The molecule has 0 saturated heterocycles. The van der Waals surface area contributed by atoms with Crippen LogP contribution in [0.15, 0.2) is 48.5 Å². The molecule has 0 fully saturated rings. The highest BCUT2D eigenvalue weighted by molar-refractivity contribution is 7.14. The van der Waals surface area contributed by atoms with Crippen LogP contribution in [0.4, 0.5) is 0 Å². The van der Waals surface area contributed by atoms with Gasteiger partial charge < -0.3 is 14.8 Å². The van der Waals surface area contributed by atoms with Crippen LogP contribution >= 0.6 is 11.3 Å². The van der Waals surface area contributed by atoms with Crippen molar-refractivity contribution >= 4 is 17.2 Å². The summed E-state index contributed by atoms with van der Waals surface area (Å²) < 4.78 is 10.8. The van der Waals surface area contributed by atoms with Crippen LogP contribution in [0.1, 0.15) is 33.2 Å². The van der Waals surface area contributed by atoms with Crippen molar-refractivity contribution in [2.45, 2.75) is 19.9 Å². The molecule has 0 spiro atoms. The Morgan fingerprint density at radius 1 is 1.15 bits per heavy atom. The minimum Gasteiger partial charge on any atom is -0.454 e. The Morgan fingerprint density at radius 3 is 2.73 bits per heavy atom. The number of aromatic nitrogens is 1. The zero-order chi connectivity index (χ0) is 18.1. The third-order valence-corrected chi connectivity index (χ3v) is 5.20. The molecule has 4 rings (SSSR count). The molecule has 6 heteroatoms. The van der Waals surface area contributed by atoms with Gasteiger partial charge in [-0.05, 0) is 31.5 Å². The summed E-state index contributed by atoms with van der Waals surface area (Å²) in [4.78, 5) is 18.0. The van der Waals surface area contributed by atoms with Gasteiger partial charge in [0.2, 0.25) is 6.79 Å². The molecule has 1 aliphatic heterocycles. The maximum atomic E-state index is 12.9. The Hall–Kier alpha value is -2.86. The number of carbonyl (C=O) groups excluding carboxylic acids is 1. The van der Waals surface area contributed by atoms with Gasteiger partial charge in [0.05, 0.1) is 16.7 Å². The molecule has 26 heavy (non-hydrogen) atoms. The summed E-state index contributed by atoms with van der Waals surface area (Å²) in [5, 5.41) is 3.93. The monoisotopic (exact) mass is 366 g/mol. The normalized spacial score (nSPS) is 13.5. The first-order valence-corrected chi connectivity index (χ1v) is 9.17. The number of hydrogen-bond donors (Lipinski definition) is 1. The Morgan fingerprint density at radius 2 is 1.92 bits per heavy atom. The molecule has 3 aromatic rings. The molecular weight excluding hydrogens is 348 g/mol. The van der Waals surface area contributed by atoms with Crippen molar-refractivity contribution in [1.82, 2.24) is 10.3 Å². The molecule has 1 amide bonds. The number of benzene rings is 2. The smallest absolute Gasteiger partial charge is 0.264 e. The lowest BCUT2D eigenvalue weighted by molar-refractivity contribution is 0.0944. The molecule has 0 bridgehead atoms. The Labute approximate surface area is 155 Å². The van der Waals surface area contributed by atoms with Crippen molar-refractivity contribution in [3.05, 3.63) is 64.0 Å². The molecule has 2 aromatic carbocycles. The van der Waals surface area contributed by atoms with Gasteiger partial charge in [0.15, 0.2) is 11.5 Å². The second-order valence-corrected chi connectivity index (χ2v) is 7.29. The van der Waals surface area contributed by atoms with E-state index in [9.17, 15) is 4.79 Å². The van der Waals surface area contributed by atoms with Crippen LogP contribution < -0.4 is 14.8 Å². The van der Waals surface area contributed by atoms with E-state index in [4.69, 9.17) is 9.47 Å². The fourth-order valence-corrected chi connectivity index (χ4v) is 3.74. The summed E-state index contributed by atoms with van der Waals surface area (Å²) in [5.74, 6) is 1.32. The average molecular weight is 366 g/mol. The number of rotatable bonds is 4. The summed E-state index contributed by atoms with van der Waals surface area (Å²) >= 11 is 1.41. The van der Waals surface area contributed by atoms with Crippen molar-refractivity contribution in [1.29, 1.82) is 0 Å². The Kier molecular flexibility index (Phi) is 4.34. The molecule has 5 nitrogen and oxygen atoms in total. The number of amides is 1. The molecule has 0 radical (unpaired) electrons. The SMILES string of the molecule is Cc1nc(-c2ccccc2)c(C(=O)NC(C)c2ccc3c(c2)OCO3)s1. The predicted octanol–water partition coefficient (Wildman–Crippen LogP) is 4.34. The van der Waals surface area contributed by atoms with Crippen molar-refractivity contribution < 1.29 is 14.3 Å². The van der Waals surface area contributed by atoms with Gasteiger partial charge in [0.1, 0.15) is 4.88 Å². The Balaban J connectivity index is 1.57. The topological polar surface area (TPSA) is 60.5 Å². The fraction of sp³-hybridized carbons (Fsp3) is 0.200. The first kappa shape index (κ1) is 16.6. The van der Waals surface area contributed by atoms with Gasteiger partial charge in [-0.2, -0.15) is 0 Å². The summed E-state index contributed by atoms with van der Waals surface area (Å²) in [6, 6.07) is 15.3. The van der Waals surface area contributed by atoms with Gasteiger partial charge in [0, 0.05) is 5.56 Å². The molecule has 132 valence electrons. The van der Waals surface area contributed by atoms with E-state index in [1.165, 1.54) is 11.3 Å². The summed E-state index contributed by atoms with van der Waals surface area (Å²) in [5.41, 5.74) is 2.63. The molecular formula is C20H18N2O3S. The van der Waals surface area contributed by atoms with Crippen LogP contribution in [0.3, 0.4) is 0 Å². The lowest BCUT2D eigenvalue weighted by Gasteiger charge is -2.14. The van der Waals surface area contributed by atoms with E-state index in [1.54, 1.807) is 0 Å². The lowest BCUT2D eigenvalue weighted by atomic mass is 10.1. The number of nitrogens with zero attached hydrogens (tertiary/aromatic N) is 1. The van der Waals surface area contributed by atoms with Crippen LogP contribution in [0.2, 0.25) is 0 Å². The fourth-order valence-electron chi connectivity index (χ4n) is 2.90. The van der Waals surface area contributed by atoms with E-state index in [0.29, 0.717) is 10.6 Å². The zero-order valence-corrected chi connectivity index (χ0v) is 15.3. The molecule has 0 saturated carbocycles. The van der Waals surface area contributed by atoms with Gasteiger partial charge in [-0.15, -0.1) is 11.3 Å². The molecule has 1 atom stereocenters. The van der Waals surface area contributed by atoms with Gasteiger partial charge in [0.25, 0.3) is 5.91 Å². The van der Waals surface area contributed by atoms with Crippen LogP contribution in [-0.4, -0.2) is 17.7 Å². The number of ether oxygens (including phenoxy) is 2. The van der Waals surface area contributed by atoms with E-state index in [1.807, 2.05) is 62.4 Å². The molecule has 1 aromatic heterocycles. The van der Waals surface area contributed by atoms with Crippen LogP contribution in [0.25, 0.3) is 11.3 Å². The van der Waals surface area contributed by atoms with E-state index < -0.39 is 0 Å². The summed E-state index contributed by atoms with van der Waals surface area (Å²) in [6.45, 7) is 4.10. The third kappa shape index (κ3) is 3.15. The quantitative estimate of drug-likeness (QED) is 0.746. The summed E-state index contributed by atoms with van der Waals surface area (Å²) in [7, 11) is 0. The standard InChI is InChI=1S/C20H18N2O3S/c1-12(15-8-9-16-17(10-15)25-11-24-16)21-20(23)19-18(22-13(2)26-19)14-6-4-3-5-7-14/h3-10,12H,11H2,1-2H3,(H,21,23). The van der Waals surface area contributed by atoms with Crippen LogP contribution in [0, 0.1) is 6.92 Å². The highest BCUT2D eigenvalue weighted by Crippen LogP contribution is 2.34. The van der Waals surface area contributed by atoms with Crippen LogP contribution in [-0.2, 0) is 0 Å². The van der Waals surface area contributed by atoms with Crippen molar-refractivity contribution in [2.24, 2.45) is 0 Å². The van der Waals surface area contributed by atoms with Gasteiger partial charge >= 0.3 is 0 Å². The first-order valence-electron chi connectivity index (χ1n) is 8.35. The first-order chi connectivity index (χ1) is 12.6. The number of fused-ring (bicyclic) bond motifs is 1. The van der Waals surface area contributed by atoms with Crippen LogP contribution in [0.5, 0.6) is 11.5 Å². The van der Waals surface area contributed by atoms with Crippen molar-refractivity contribution in [2.75, 3.05) is 6.79 Å². The highest BCUT2D eigenvalue weighted by Gasteiger charge is 2.21. The maximum Gasteiger partial charge on any atom is 0.264 e. The van der Waals surface area contributed by atoms with E-state index in [-0.39, 0.29) is 18.7 Å².